The van der Waals surface area contributed by atoms with Gasteiger partial charge < -0.3 is 4.57 Å². The Labute approximate surface area is 466 Å². The van der Waals surface area contributed by atoms with Crippen LogP contribution in [0.3, 0.4) is 0 Å². The van der Waals surface area contributed by atoms with Crippen LogP contribution in [0.25, 0.3) is 168 Å². The molecule has 2 heterocycles. The first-order valence-electron chi connectivity index (χ1n) is 27.6. The molecule has 15 aromatic carbocycles. The predicted molar refractivity (Wildman–Crippen MR) is 346 cm³/mol. The Bertz CT molecular complexity index is 5350. The highest BCUT2D eigenvalue weighted by atomic mass is 32.1. The van der Waals surface area contributed by atoms with E-state index in [4.69, 9.17) is 0 Å². The molecular weight excluding hydrogens is 983 g/mol. The van der Waals surface area contributed by atoms with Crippen molar-refractivity contribution in [2.24, 2.45) is 0 Å². The zero-order valence-electron chi connectivity index (χ0n) is 43.5. The smallest absolute Gasteiger partial charge is 0.0541 e. The molecule has 0 atom stereocenters. The van der Waals surface area contributed by atoms with Crippen LogP contribution in [0.2, 0.25) is 0 Å². The summed E-state index contributed by atoms with van der Waals surface area (Å²) in [6.45, 7) is 0. The lowest BCUT2D eigenvalue weighted by molar-refractivity contribution is 1.18. The van der Waals surface area contributed by atoms with E-state index in [1.165, 1.54) is 162 Å². The van der Waals surface area contributed by atoms with Crippen LogP contribution in [-0.4, -0.2) is 4.57 Å². The molecule has 0 aliphatic carbocycles. The summed E-state index contributed by atoms with van der Waals surface area (Å²) in [5.41, 5.74) is 15.8. The molecule has 0 radical (unpaired) electrons. The van der Waals surface area contributed by atoms with Crippen molar-refractivity contribution in [2.45, 2.75) is 0 Å². The topological polar surface area (TPSA) is 4.93 Å². The van der Waals surface area contributed by atoms with Gasteiger partial charge in [-0.3, -0.25) is 0 Å². The van der Waals surface area contributed by atoms with Crippen LogP contribution in [0.15, 0.2) is 285 Å². The molecule has 0 N–H and O–H groups in total. The van der Waals surface area contributed by atoms with E-state index < -0.39 is 0 Å². The Morgan fingerprint density at radius 3 is 1.25 bits per heavy atom. The van der Waals surface area contributed by atoms with Gasteiger partial charge in [-0.15, -0.1) is 11.3 Å². The van der Waals surface area contributed by atoms with E-state index in [9.17, 15) is 0 Å². The molecule has 2 heteroatoms. The number of benzene rings is 15. The fraction of sp³-hybridized carbons (Fsp3) is 0. The van der Waals surface area contributed by atoms with E-state index in [0.29, 0.717) is 0 Å². The number of rotatable bonds is 6. The number of para-hydroxylation sites is 1. The summed E-state index contributed by atoms with van der Waals surface area (Å²) >= 11 is 1.91. The van der Waals surface area contributed by atoms with Crippen molar-refractivity contribution in [1.82, 2.24) is 4.57 Å². The van der Waals surface area contributed by atoms with Crippen LogP contribution in [0.1, 0.15) is 0 Å². The minimum Gasteiger partial charge on any atom is -0.309 e. The number of aromatic nitrogens is 1. The minimum absolute atomic E-state index is 1.13. The van der Waals surface area contributed by atoms with Gasteiger partial charge in [0.15, 0.2) is 0 Å². The van der Waals surface area contributed by atoms with Gasteiger partial charge in [0, 0.05) is 42.2 Å². The summed E-state index contributed by atoms with van der Waals surface area (Å²) in [6.07, 6.45) is 0. The molecule has 80 heavy (non-hydrogen) atoms. The van der Waals surface area contributed by atoms with Crippen molar-refractivity contribution >= 4 is 118 Å². The normalized spacial score (nSPS) is 12.0. The molecule has 0 bridgehead atoms. The van der Waals surface area contributed by atoms with E-state index in [2.05, 4.69) is 290 Å². The Hall–Kier alpha value is -10.1. The molecule has 370 valence electrons. The van der Waals surface area contributed by atoms with Crippen LogP contribution in [0.5, 0.6) is 0 Å². The maximum Gasteiger partial charge on any atom is 0.0541 e. The zero-order valence-corrected chi connectivity index (χ0v) is 44.3. The number of thiophene rings is 1. The first kappa shape index (κ1) is 45.0. The number of hydrogen-bond donors (Lipinski definition) is 0. The quantitative estimate of drug-likeness (QED) is 0.116. The van der Waals surface area contributed by atoms with Crippen molar-refractivity contribution in [1.29, 1.82) is 0 Å². The third-order valence-electron chi connectivity index (χ3n) is 17.1. The van der Waals surface area contributed by atoms with E-state index >= 15 is 0 Å². The van der Waals surface area contributed by atoms with Crippen molar-refractivity contribution in [3.63, 3.8) is 0 Å². The van der Waals surface area contributed by atoms with E-state index in [-0.39, 0.29) is 0 Å². The summed E-state index contributed by atoms with van der Waals surface area (Å²) in [7, 11) is 0. The molecule has 0 saturated carbocycles. The van der Waals surface area contributed by atoms with Gasteiger partial charge in [-0.2, -0.15) is 0 Å². The third-order valence-corrected chi connectivity index (χ3v) is 18.3. The van der Waals surface area contributed by atoms with Crippen LogP contribution < -0.4 is 0 Å². The zero-order chi connectivity index (χ0) is 52.4. The molecule has 17 aromatic rings. The van der Waals surface area contributed by atoms with Crippen molar-refractivity contribution in [2.75, 3.05) is 0 Å². The summed E-state index contributed by atoms with van der Waals surface area (Å²) in [6, 6.07) is 107. The molecule has 1 nitrogen and oxygen atoms in total. The van der Waals surface area contributed by atoms with E-state index in [0.717, 1.165) is 5.69 Å². The predicted octanol–water partition coefficient (Wildman–Crippen LogP) is 22.4. The highest BCUT2D eigenvalue weighted by molar-refractivity contribution is 7.26. The molecule has 17 rings (SSSR count). The second-order valence-corrected chi connectivity index (χ2v) is 22.5. The van der Waals surface area contributed by atoms with Gasteiger partial charge in [0.25, 0.3) is 0 Å². The van der Waals surface area contributed by atoms with Gasteiger partial charge in [-0.05, 0) is 181 Å². The van der Waals surface area contributed by atoms with Crippen LogP contribution in [-0.2, 0) is 0 Å². The first-order chi connectivity index (χ1) is 39.6. The van der Waals surface area contributed by atoms with Gasteiger partial charge in [0.2, 0.25) is 0 Å². The number of fused-ring (bicyclic) bond motifs is 14. The lowest BCUT2D eigenvalue weighted by Gasteiger charge is -2.18. The van der Waals surface area contributed by atoms with Gasteiger partial charge in [0.1, 0.15) is 0 Å². The van der Waals surface area contributed by atoms with Crippen LogP contribution in [0.4, 0.5) is 0 Å². The summed E-state index contributed by atoms with van der Waals surface area (Å²) in [4.78, 5) is 0. The monoisotopic (exact) mass is 1030 g/mol. The van der Waals surface area contributed by atoms with Gasteiger partial charge >= 0.3 is 0 Å². The van der Waals surface area contributed by atoms with E-state index in [1.54, 1.807) is 0 Å². The number of nitrogens with zero attached hydrogens (tertiary/aromatic N) is 1. The molecule has 0 aliphatic rings. The SMILES string of the molecule is c1ccc(-c2c3ccccc3c(-c3ccc(-n4c5ccccc5c5cc(-c6cc(-c7ccc8ccc9ccccc9c8c7)cc7c6sc6ccc(-c8ccc9ccc%10ccccc%10c9c8)cc67)ccc54)cc3)c3ccccc23)cc1. The molecule has 2 aromatic heterocycles. The number of hydrogen-bond acceptors (Lipinski definition) is 1. The van der Waals surface area contributed by atoms with Gasteiger partial charge in [-0.25, -0.2) is 0 Å². The first-order valence-corrected chi connectivity index (χ1v) is 28.4. The molecule has 0 spiro atoms. The molecule has 0 unspecified atom stereocenters. The van der Waals surface area contributed by atoms with Crippen LogP contribution in [0, 0.1) is 0 Å². The Morgan fingerprint density at radius 1 is 0.225 bits per heavy atom. The highest BCUT2D eigenvalue weighted by Gasteiger charge is 2.21. The lowest BCUT2D eigenvalue weighted by atomic mass is 9.86. The summed E-state index contributed by atoms with van der Waals surface area (Å²) < 4.78 is 5.04. The minimum atomic E-state index is 1.13. The van der Waals surface area contributed by atoms with Crippen molar-refractivity contribution < 1.29 is 0 Å². The molecular formula is C78H47NS. The van der Waals surface area contributed by atoms with Crippen molar-refractivity contribution in [3.05, 3.63) is 285 Å². The van der Waals surface area contributed by atoms with Gasteiger partial charge in [-0.1, -0.05) is 218 Å². The van der Waals surface area contributed by atoms with Crippen LogP contribution >= 0.6 is 11.3 Å². The largest absolute Gasteiger partial charge is 0.309 e. The lowest BCUT2D eigenvalue weighted by Crippen LogP contribution is -1.94. The molecule has 0 aliphatic heterocycles. The Morgan fingerprint density at radius 2 is 0.637 bits per heavy atom. The maximum absolute atomic E-state index is 2.46. The molecule has 0 amide bonds. The highest BCUT2D eigenvalue weighted by Crippen LogP contribution is 2.48. The fourth-order valence-electron chi connectivity index (χ4n) is 13.4. The molecule has 0 fully saturated rings. The second kappa shape index (κ2) is 17.7. The summed E-state index contributed by atoms with van der Waals surface area (Å²) in [5.74, 6) is 0. The average molecular weight is 1030 g/mol. The fourth-order valence-corrected chi connectivity index (χ4v) is 14.6. The summed E-state index contributed by atoms with van der Waals surface area (Å²) in [5, 5.41) is 20.2. The maximum atomic E-state index is 2.46. The average Bonchev–Trinajstić information content (AvgIpc) is 4.10. The van der Waals surface area contributed by atoms with Crippen molar-refractivity contribution in [3.8, 4) is 61.3 Å². The van der Waals surface area contributed by atoms with Gasteiger partial charge in [0.05, 0.1) is 11.0 Å². The van der Waals surface area contributed by atoms with E-state index in [1.807, 2.05) is 11.3 Å². The Kier molecular flexibility index (Phi) is 9.95. The standard InChI is InChI=1S/C78H47NS/c1-2-16-52(17-3-1)76-63-21-8-10-23-65(63)77(66-24-11-9-22-64(66)76)53-34-38-59(39-35-53)79-73-25-13-12-20-62(73)70-45-57(36-40-74(70)79)69-46-58(56-33-31-51-29-27-49-15-5-7-19-61(49)68(51)43-56)47-72-71-44-55(37-41-75(71)80-78(69)72)54-32-30-50-28-26-48-14-4-6-18-60(48)67(50)42-54/h1-47H. The molecule has 0 saturated heterocycles. The second-order valence-electron chi connectivity index (χ2n) is 21.5. The Balaban J connectivity index is 0.836. The third kappa shape index (κ3) is 6.96.